The van der Waals surface area contributed by atoms with Gasteiger partial charge < -0.3 is 10.0 Å². The summed E-state index contributed by atoms with van der Waals surface area (Å²) in [6.07, 6.45) is -1.63. The number of aliphatic hydroxyl groups excluding tert-OH is 1. The molecule has 1 N–H and O–H groups in total. The van der Waals surface area contributed by atoms with Crippen LogP contribution >= 0.6 is 0 Å². The number of aromatic nitrogens is 2. The summed E-state index contributed by atoms with van der Waals surface area (Å²) in [5, 5.41) is 12.3. The molecule has 1 heterocycles. The van der Waals surface area contributed by atoms with E-state index < -0.39 is 18.5 Å². The van der Waals surface area contributed by atoms with E-state index in [0.717, 1.165) is 17.5 Å². The van der Waals surface area contributed by atoms with E-state index in [-0.39, 0.29) is 30.5 Å². The van der Waals surface area contributed by atoms with Crippen LogP contribution in [0.5, 0.6) is 0 Å². The van der Waals surface area contributed by atoms with Gasteiger partial charge in [-0.25, -0.2) is 0 Å². The molecule has 0 saturated heterocycles. The summed E-state index contributed by atoms with van der Waals surface area (Å²) in [6, 6.07) is 0.220. The van der Waals surface area contributed by atoms with Crippen LogP contribution in [0, 0.1) is 0 Å². The molecule has 1 aliphatic rings. The third-order valence-electron chi connectivity index (χ3n) is 3.43. The molecule has 0 radical (unpaired) electrons. The van der Waals surface area contributed by atoms with Crippen LogP contribution in [-0.4, -0.2) is 44.9 Å². The molecule has 5 nitrogen and oxygen atoms in total. The lowest BCUT2D eigenvalue weighted by Gasteiger charge is -2.20. The van der Waals surface area contributed by atoms with E-state index >= 15 is 0 Å². The Labute approximate surface area is 120 Å². The summed E-state index contributed by atoms with van der Waals surface area (Å²) in [7, 11) is 0. The first-order chi connectivity index (χ1) is 9.86. The molecule has 0 unspecified atom stereocenters. The standard InChI is InChI=1S/C13H18F3N3O2/c1-2-19(10-3-4-10)11(21)8-18-7-9(5-6-20)12(17-18)13(14,15)16/h7,10,20H,2-6,8H2,1H3. The highest BCUT2D eigenvalue weighted by Gasteiger charge is 2.37. The summed E-state index contributed by atoms with van der Waals surface area (Å²) >= 11 is 0. The fourth-order valence-corrected chi connectivity index (χ4v) is 2.34. The molecule has 2 rings (SSSR count). The van der Waals surface area contributed by atoms with Crippen LogP contribution in [-0.2, 0) is 23.9 Å². The van der Waals surface area contributed by atoms with Gasteiger partial charge >= 0.3 is 6.18 Å². The van der Waals surface area contributed by atoms with E-state index in [1.54, 1.807) is 4.90 Å². The maximum Gasteiger partial charge on any atom is 0.435 e. The number of rotatable bonds is 6. The molecule has 0 aromatic carbocycles. The Hall–Kier alpha value is -1.57. The number of carbonyl (C=O) groups is 1. The number of aliphatic hydroxyl groups is 1. The number of nitrogens with zero attached hydrogens (tertiary/aromatic N) is 3. The minimum absolute atomic E-state index is 0.0905. The molecule has 1 saturated carbocycles. The Kier molecular flexibility index (Phi) is 4.55. The van der Waals surface area contributed by atoms with Gasteiger partial charge in [0.1, 0.15) is 6.54 Å². The summed E-state index contributed by atoms with van der Waals surface area (Å²) in [4.78, 5) is 13.8. The van der Waals surface area contributed by atoms with Crippen LogP contribution in [0.25, 0.3) is 0 Å². The smallest absolute Gasteiger partial charge is 0.396 e. The van der Waals surface area contributed by atoms with Gasteiger partial charge in [0.05, 0.1) is 0 Å². The largest absolute Gasteiger partial charge is 0.435 e. The van der Waals surface area contributed by atoms with Gasteiger partial charge in [0.25, 0.3) is 0 Å². The highest BCUT2D eigenvalue weighted by molar-refractivity contribution is 5.76. The van der Waals surface area contributed by atoms with E-state index in [1.165, 1.54) is 6.20 Å². The van der Waals surface area contributed by atoms with E-state index in [2.05, 4.69) is 5.10 Å². The Morgan fingerprint density at radius 1 is 1.52 bits per heavy atom. The van der Waals surface area contributed by atoms with Crippen molar-refractivity contribution < 1.29 is 23.1 Å². The second-order valence-electron chi connectivity index (χ2n) is 5.08. The van der Waals surface area contributed by atoms with Crippen molar-refractivity contribution in [3.05, 3.63) is 17.5 Å². The molecule has 8 heteroatoms. The third-order valence-corrected chi connectivity index (χ3v) is 3.43. The molecule has 1 aliphatic carbocycles. The maximum atomic E-state index is 12.8. The fourth-order valence-electron chi connectivity index (χ4n) is 2.34. The lowest BCUT2D eigenvalue weighted by atomic mass is 10.2. The van der Waals surface area contributed by atoms with Gasteiger partial charge in [-0.3, -0.25) is 9.48 Å². The van der Waals surface area contributed by atoms with Gasteiger partial charge in [0, 0.05) is 31.0 Å². The van der Waals surface area contributed by atoms with Crippen molar-refractivity contribution in [2.45, 2.75) is 44.9 Å². The molecule has 0 atom stereocenters. The lowest BCUT2D eigenvalue weighted by molar-refractivity contribution is -0.142. The summed E-state index contributed by atoms with van der Waals surface area (Å²) < 4.78 is 39.5. The second-order valence-corrected chi connectivity index (χ2v) is 5.08. The van der Waals surface area contributed by atoms with Crippen LogP contribution in [0.1, 0.15) is 31.0 Å². The minimum Gasteiger partial charge on any atom is -0.396 e. The SMILES string of the molecule is CCN(C(=O)Cn1cc(CCO)c(C(F)(F)F)n1)C1CC1. The fraction of sp³-hybridized carbons (Fsp3) is 0.692. The zero-order chi connectivity index (χ0) is 15.6. The van der Waals surface area contributed by atoms with Gasteiger partial charge in [-0.1, -0.05) is 0 Å². The van der Waals surface area contributed by atoms with E-state index in [9.17, 15) is 18.0 Å². The minimum atomic E-state index is -4.58. The molecule has 1 fully saturated rings. The van der Waals surface area contributed by atoms with Crippen molar-refractivity contribution >= 4 is 5.91 Å². The first-order valence-electron chi connectivity index (χ1n) is 6.90. The summed E-state index contributed by atoms with van der Waals surface area (Å²) in [6.45, 7) is 1.78. The Morgan fingerprint density at radius 3 is 2.67 bits per heavy atom. The number of alkyl halides is 3. The second kappa shape index (κ2) is 6.05. The number of hydrogen-bond donors (Lipinski definition) is 1. The zero-order valence-electron chi connectivity index (χ0n) is 11.7. The van der Waals surface area contributed by atoms with Crippen molar-refractivity contribution in [2.24, 2.45) is 0 Å². The lowest BCUT2D eigenvalue weighted by Crippen LogP contribution is -2.35. The Bertz CT molecular complexity index is 509. The van der Waals surface area contributed by atoms with Crippen LogP contribution in [0.4, 0.5) is 13.2 Å². The van der Waals surface area contributed by atoms with Crippen LogP contribution in [0.15, 0.2) is 6.20 Å². The average molecular weight is 305 g/mol. The van der Waals surface area contributed by atoms with E-state index in [0.29, 0.717) is 6.54 Å². The molecule has 118 valence electrons. The van der Waals surface area contributed by atoms with Crippen molar-refractivity contribution in [3.8, 4) is 0 Å². The first-order valence-corrected chi connectivity index (χ1v) is 6.90. The molecule has 21 heavy (non-hydrogen) atoms. The Balaban J connectivity index is 2.14. The van der Waals surface area contributed by atoms with Crippen LogP contribution in [0.3, 0.4) is 0 Å². The highest BCUT2D eigenvalue weighted by Crippen LogP contribution is 2.31. The normalized spacial score (nSPS) is 15.3. The summed E-state index contributed by atoms with van der Waals surface area (Å²) in [5.74, 6) is -0.230. The molecule has 1 amide bonds. The number of hydrogen-bond acceptors (Lipinski definition) is 3. The number of halogens is 3. The predicted octanol–water partition coefficient (Wildman–Crippen LogP) is 1.45. The van der Waals surface area contributed by atoms with Gasteiger partial charge in [-0.15, -0.1) is 0 Å². The number of amides is 1. The maximum absolute atomic E-state index is 12.8. The third kappa shape index (κ3) is 3.75. The van der Waals surface area contributed by atoms with Gasteiger partial charge in [-0.05, 0) is 26.2 Å². The first kappa shape index (κ1) is 15.8. The van der Waals surface area contributed by atoms with E-state index in [1.807, 2.05) is 6.92 Å². The average Bonchev–Trinajstić information content (AvgIpc) is 3.12. The summed E-state index contributed by atoms with van der Waals surface area (Å²) in [5.41, 5.74) is -1.12. The predicted molar refractivity (Wildman–Crippen MR) is 68.4 cm³/mol. The molecular formula is C13H18F3N3O2. The van der Waals surface area contributed by atoms with E-state index in [4.69, 9.17) is 5.11 Å². The monoisotopic (exact) mass is 305 g/mol. The van der Waals surface area contributed by atoms with Gasteiger partial charge in [0.2, 0.25) is 5.91 Å². The molecule has 1 aromatic rings. The highest BCUT2D eigenvalue weighted by atomic mass is 19.4. The molecule has 0 bridgehead atoms. The van der Waals surface area contributed by atoms with Crippen molar-refractivity contribution in [3.63, 3.8) is 0 Å². The van der Waals surface area contributed by atoms with Crippen LogP contribution in [0.2, 0.25) is 0 Å². The van der Waals surface area contributed by atoms with Crippen molar-refractivity contribution in [1.82, 2.24) is 14.7 Å². The van der Waals surface area contributed by atoms with Crippen molar-refractivity contribution in [2.75, 3.05) is 13.2 Å². The quantitative estimate of drug-likeness (QED) is 0.865. The van der Waals surface area contributed by atoms with Gasteiger partial charge in [-0.2, -0.15) is 18.3 Å². The molecule has 1 aromatic heterocycles. The molecule has 0 aliphatic heterocycles. The van der Waals surface area contributed by atoms with Crippen molar-refractivity contribution in [1.29, 1.82) is 0 Å². The Morgan fingerprint density at radius 2 is 2.19 bits per heavy atom. The van der Waals surface area contributed by atoms with Crippen LogP contribution < -0.4 is 0 Å². The number of likely N-dealkylation sites (N-methyl/N-ethyl adjacent to an activating group) is 1. The molecular weight excluding hydrogens is 287 g/mol. The van der Waals surface area contributed by atoms with Gasteiger partial charge in [0.15, 0.2) is 5.69 Å². The molecule has 0 spiro atoms. The topological polar surface area (TPSA) is 58.4 Å². The number of carbonyl (C=O) groups excluding carboxylic acids is 1. The zero-order valence-corrected chi connectivity index (χ0v) is 11.7.